The lowest BCUT2D eigenvalue weighted by atomic mass is 10.0. The summed E-state index contributed by atoms with van der Waals surface area (Å²) in [6.07, 6.45) is 0. The summed E-state index contributed by atoms with van der Waals surface area (Å²) in [5, 5.41) is 2.60. The van der Waals surface area contributed by atoms with Gasteiger partial charge in [0.05, 0.1) is 7.11 Å². The number of hydrogen-bond acceptors (Lipinski definition) is 3. The Kier molecular flexibility index (Phi) is 3.50. The molecule has 0 spiro atoms. The summed E-state index contributed by atoms with van der Waals surface area (Å²) < 4.78 is 4.78. The van der Waals surface area contributed by atoms with E-state index in [1.165, 1.54) is 18.4 Å². The van der Waals surface area contributed by atoms with Crippen LogP contribution in [0.3, 0.4) is 0 Å². The predicted molar refractivity (Wildman–Crippen MR) is 70.8 cm³/mol. The van der Waals surface area contributed by atoms with E-state index in [0.717, 1.165) is 16.7 Å². The molecule has 0 saturated carbocycles. The number of aryl methyl sites for hydroxylation is 1. The fraction of sp³-hybridized carbons (Fsp3) is 0.154. The normalized spacial score (nSPS) is 10.3. The Bertz CT molecular complexity index is 560. The molecule has 88 valence electrons. The SMILES string of the molecule is COC(=O)c1scc(C)c1-c1cccc(Cl)c1. The molecule has 1 aromatic carbocycles. The van der Waals surface area contributed by atoms with E-state index in [1.54, 1.807) is 0 Å². The van der Waals surface area contributed by atoms with E-state index in [2.05, 4.69) is 0 Å². The maximum Gasteiger partial charge on any atom is 0.348 e. The van der Waals surface area contributed by atoms with Crippen LogP contribution < -0.4 is 0 Å². The molecule has 1 heterocycles. The molecule has 0 aliphatic heterocycles. The van der Waals surface area contributed by atoms with Gasteiger partial charge in [-0.1, -0.05) is 23.7 Å². The third-order valence-corrected chi connectivity index (χ3v) is 3.77. The number of benzene rings is 1. The first kappa shape index (κ1) is 12.1. The Morgan fingerprint density at radius 2 is 2.18 bits per heavy atom. The number of methoxy groups -OCH3 is 1. The minimum absolute atomic E-state index is 0.307. The van der Waals surface area contributed by atoms with Crippen LogP contribution in [0, 0.1) is 6.92 Å². The van der Waals surface area contributed by atoms with Gasteiger partial charge in [-0.25, -0.2) is 4.79 Å². The van der Waals surface area contributed by atoms with Crippen LogP contribution in [-0.2, 0) is 4.74 Å². The molecule has 0 unspecified atom stereocenters. The van der Waals surface area contributed by atoms with Gasteiger partial charge in [0.25, 0.3) is 0 Å². The molecule has 2 nitrogen and oxygen atoms in total. The van der Waals surface area contributed by atoms with Crippen molar-refractivity contribution in [1.29, 1.82) is 0 Å². The zero-order valence-electron chi connectivity index (χ0n) is 9.49. The van der Waals surface area contributed by atoms with E-state index >= 15 is 0 Å². The van der Waals surface area contributed by atoms with Gasteiger partial charge >= 0.3 is 5.97 Å². The summed E-state index contributed by atoms with van der Waals surface area (Å²) in [6.45, 7) is 1.97. The molecule has 4 heteroatoms. The molecule has 2 rings (SSSR count). The van der Waals surface area contributed by atoms with Gasteiger partial charge in [-0.3, -0.25) is 0 Å². The molecule has 17 heavy (non-hydrogen) atoms. The van der Waals surface area contributed by atoms with E-state index in [4.69, 9.17) is 16.3 Å². The van der Waals surface area contributed by atoms with E-state index < -0.39 is 0 Å². The van der Waals surface area contributed by atoms with Crippen molar-refractivity contribution < 1.29 is 9.53 Å². The van der Waals surface area contributed by atoms with Crippen molar-refractivity contribution in [3.8, 4) is 11.1 Å². The van der Waals surface area contributed by atoms with Crippen LogP contribution in [0.5, 0.6) is 0 Å². The Hall–Kier alpha value is -1.32. The van der Waals surface area contributed by atoms with Crippen LogP contribution in [0.25, 0.3) is 11.1 Å². The van der Waals surface area contributed by atoms with Crippen molar-refractivity contribution in [3.05, 3.63) is 45.1 Å². The van der Waals surface area contributed by atoms with Crippen molar-refractivity contribution in [2.75, 3.05) is 7.11 Å². The molecule has 0 atom stereocenters. The van der Waals surface area contributed by atoms with Crippen LogP contribution >= 0.6 is 22.9 Å². The van der Waals surface area contributed by atoms with Gasteiger partial charge in [0.15, 0.2) is 0 Å². The zero-order chi connectivity index (χ0) is 12.4. The van der Waals surface area contributed by atoms with Crippen molar-refractivity contribution >= 4 is 28.9 Å². The Labute approximate surface area is 109 Å². The average molecular weight is 267 g/mol. The molecule has 1 aromatic heterocycles. The van der Waals surface area contributed by atoms with Gasteiger partial charge in [0, 0.05) is 10.6 Å². The predicted octanol–water partition coefficient (Wildman–Crippen LogP) is 4.16. The Morgan fingerprint density at radius 3 is 2.82 bits per heavy atom. The number of esters is 1. The van der Waals surface area contributed by atoms with Crippen molar-refractivity contribution in [1.82, 2.24) is 0 Å². The molecule has 0 radical (unpaired) electrons. The van der Waals surface area contributed by atoms with Crippen LogP contribution in [0.2, 0.25) is 5.02 Å². The Morgan fingerprint density at radius 1 is 1.41 bits per heavy atom. The highest BCUT2D eigenvalue weighted by Gasteiger charge is 2.17. The topological polar surface area (TPSA) is 26.3 Å². The van der Waals surface area contributed by atoms with Gasteiger partial charge in [-0.05, 0) is 35.6 Å². The highest BCUT2D eigenvalue weighted by molar-refractivity contribution is 7.12. The molecule has 0 saturated heterocycles. The first-order valence-corrected chi connectivity index (χ1v) is 6.31. The van der Waals surface area contributed by atoms with Gasteiger partial charge in [0.2, 0.25) is 0 Å². The lowest BCUT2D eigenvalue weighted by molar-refractivity contribution is 0.0607. The summed E-state index contributed by atoms with van der Waals surface area (Å²) in [4.78, 5) is 12.3. The van der Waals surface area contributed by atoms with E-state index in [9.17, 15) is 4.79 Å². The molecule has 0 aliphatic carbocycles. The minimum Gasteiger partial charge on any atom is -0.465 e. The summed E-state index contributed by atoms with van der Waals surface area (Å²) in [7, 11) is 1.39. The highest BCUT2D eigenvalue weighted by Crippen LogP contribution is 2.34. The largest absolute Gasteiger partial charge is 0.465 e. The summed E-state index contributed by atoms with van der Waals surface area (Å²) in [5.74, 6) is -0.307. The maximum absolute atomic E-state index is 11.7. The molecular weight excluding hydrogens is 256 g/mol. The second-order valence-electron chi connectivity index (χ2n) is 3.62. The summed E-state index contributed by atoms with van der Waals surface area (Å²) >= 11 is 7.36. The van der Waals surface area contributed by atoms with Gasteiger partial charge in [-0.2, -0.15) is 0 Å². The lowest BCUT2D eigenvalue weighted by Crippen LogP contribution is -2.00. The van der Waals surface area contributed by atoms with Crippen LogP contribution in [0.1, 0.15) is 15.2 Å². The number of carbonyl (C=O) groups excluding carboxylic acids is 1. The molecule has 2 aromatic rings. The number of hydrogen-bond donors (Lipinski definition) is 0. The molecular formula is C13H11ClO2S. The number of thiophene rings is 1. The molecule has 0 bridgehead atoms. The first-order valence-electron chi connectivity index (χ1n) is 5.06. The lowest BCUT2D eigenvalue weighted by Gasteiger charge is -2.05. The monoisotopic (exact) mass is 266 g/mol. The van der Waals surface area contributed by atoms with E-state index in [0.29, 0.717) is 9.90 Å². The zero-order valence-corrected chi connectivity index (χ0v) is 11.1. The summed E-state index contributed by atoms with van der Waals surface area (Å²) in [6, 6.07) is 7.47. The molecule has 0 fully saturated rings. The van der Waals surface area contributed by atoms with E-state index in [1.807, 2.05) is 36.6 Å². The third-order valence-electron chi connectivity index (χ3n) is 2.46. The number of halogens is 1. The van der Waals surface area contributed by atoms with Gasteiger partial charge < -0.3 is 4.74 Å². The number of ether oxygens (including phenoxy) is 1. The molecule has 0 amide bonds. The number of carbonyl (C=O) groups is 1. The second kappa shape index (κ2) is 4.90. The first-order chi connectivity index (χ1) is 8.13. The third kappa shape index (κ3) is 2.35. The smallest absolute Gasteiger partial charge is 0.348 e. The van der Waals surface area contributed by atoms with Crippen LogP contribution in [0.4, 0.5) is 0 Å². The molecule has 0 N–H and O–H groups in total. The maximum atomic E-state index is 11.7. The van der Waals surface area contributed by atoms with Crippen LogP contribution in [-0.4, -0.2) is 13.1 Å². The summed E-state index contributed by atoms with van der Waals surface area (Å²) in [5.41, 5.74) is 2.90. The van der Waals surface area contributed by atoms with Crippen molar-refractivity contribution in [2.24, 2.45) is 0 Å². The highest BCUT2D eigenvalue weighted by atomic mass is 35.5. The fourth-order valence-electron chi connectivity index (χ4n) is 1.69. The second-order valence-corrected chi connectivity index (χ2v) is 4.94. The average Bonchev–Trinajstić information content (AvgIpc) is 2.70. The Balaban J connectivity index is 2.58. The van der Waals surface area contributed by atoms with Gasteiger partial charge in [0.1, 0.15) is 4.88 Å². The van der Waals surface area contributed by atoms with E-state index in [-0.39, 0.29) is 5.97 Å². The quantitative estimate of drug-likeness (QED) is 0.763. The molecule has 0 aliphatic rings. The van der Waals surface area contributed by atoms with Crippen molar-refractivity contribution in [2.45, 2.75) is 6.92 Å². The standard InChI is InChI=1S/C13H11ClO2S/c1-8-7-17-12(13(15)16-2)11(8)9-4-3-5-10(14)6-9/h3-7H,1-2H3. The van der Waals surface area contributed by atoms with Crippen LogP contribution in [0.15, 0.2) is 29.6 Å². The number of rotatable bonds is 2. The fourth-order valence-corrected chi connectivity index (χ4v) is 2.87. The van der Waals surface area contributed by atoms with Gasteiger partial charge in [-0.15, -0.1) is 11.3 Å². The minimum atomic E-state index is -0.307. The van der Waals surface area contributed by atoms with Crippen molar-refractivity contribution in [3.63, 3.8) is 0 Å².